The second kappa shape index (κ2) is 6.12. The van der Waals surface area contributed by atoms with E-state index in [0.29, 0.717) is 17.1 Å². The van der Waals surface area contributed by atoms with E-state index in [-0.39, 0.29) is 5.78 Å². The molecule has 0 unspecified atom stereocenters. The molecule has 1 aliphatic heterocycles. The highest BCUT2D eigenvalue weighted by molar-refractivity contribution is 8.39. The maximum absolute atomic E-state index is 11.9. The monoisotopic (exact) mass is 267 g/mol. The number of hydrogen-bond acceptors (Lipinski definition) is 5. The third kappa shape index (κ3) is 3.51. The summed E-state index contributed by atoms with van der Waals surface area (Å²) >= 11 is 3.25. The Morgan fingerprint density at radius 2 is 2.47 bits per heavy atom. The van der Waals surface area contributed by atoms with Crippen molar-refractivity contribution in [1.82, 2.24) is 0 Å². The van der Waals surface area contributed by atoms with Gasteiger partial charge in [-0.2, -0.15) is 0 Å². The number of methoxy groups -OCH3 is 1. The lowest BCUT2D eigenvalue weighted by atomic mass is 10.1. The minimum Gasteiger partial charge on any atom is -0.497 e. The standard InChI is InChI=1S/C12H13NO2S2/c1-15-10-4-2-3-9(7-10)11(14)8-17-12-13-5-6-16-12/h2-4,7H,5-6,8H2,1H3. The van der Waals surface area contributed by atoms with E-state index < -0.39 is 0 Å². The molecular formula is C12H13NO2S2. The third-order valence-electron chi connectivity index (χ3n) is 2.28. The van der Waals surface area contributed by atoms with Crippen molar-refractivity contribution in [1.29, 1.82) is 0 Å². The summed E-state index contributed by atoms with van der Waals surface area (Å²) in [6, 6.07) is 7.25. The molecule has 0 bridgehead atoms. The molecule has 0 radical (unpaired) electrons. The molecule has 90 valence electrons. The predicted molar refractivity (Wildman–Crippen MR) is 74.5 cm³/mol. The summed E-state index contributed by atoms with van der Waals surface area (Å²) in [6.07, 6.45) is 0. The van der Waals surface area contributed by atoms with Gasteiger partial charge in [-0.1, -0.05) is 35.7 Å². The topological polar surface area (TPSA) is 38.7 Å². The molecule has 0 N–H and O–H groups in total. The number of aliphatic imine (C=N–C) groups is 1. The first kappa shape index (κ1) is 12.5. The van der Waals surface area contributed by atoms with Gasteiger partial charge >= 0.3 is 0 Å². The Balaban J connectivity index is 1.94. The summed E-state index contributed by atoms with van der Waals surface area (Å²) in [5, 5.41) is 0. The van der Waals surface area contributed by atoms with E-state index in [1.807, 2.05) is 18.2 Å². The third-order valence-corrected chi connectivity index (χ3v) is 4.53. The van der Waals surface area contributed by atoms with Gasteiger partial charge in [-0.3, -0.25) is 9.79 Å². The van der Waals surface area contributed by atoms with Crippen LogP contribution in [0.15, 0.2) is 29.3 Å². The lowest BCUT2D eigenvalue weighted by molar-refractivity contribution is 0.102. The molecule has 3 nitrogen and oxygen atoms in total. The van der Waals surface area contributed by atoms with Gasteiger partial charge in [0, 0.05) is 11.3 Å². The van der Waals surface area contributed by atoms with Crippen molar-refractivity contribution in [2.24, 2.45) is 4.99 Å². The van der Waals surface area contributed by atoms with Crippen LogP contribution >= 0.6 is 23.5 Å². The van der Waals surface area contributed by atoms with Crippen molar-refractivity contribution in [2.45, 2.75) is 0 Å². The lowest BCUT2D eigenvalue weighted by Gasteiger charge is -2.03. The summed E-state index contributed by atoms with van der Waals surface area (Å²) in [6.45, 7) is 0.875. The molecule has 0 aromatic heterocycles. The summed E-state index contributed by atoms with van der Waals surface area (Å²) in [5.74, 6) is 2.31. The maximum atomic E-state index is 11.9. The number of thioether (sulfide) groups is 2. The quantitative estimate of drug-likeness (QED) is 0.786. The first-order chi connectivity index (χ1) is 8.29. The SMILES string of the molecule is COc1cccc(C(=O)CSC2=NCCS2)c1. The van der Waals surface area contributed by atoms with Crippen LogP contribution in [0.5, 0.6) is 5.75 Å². The molecule has 1 aromatic carbocycles. The zero-order chi connectivity index (χ0) is 12.1. The van der Waals surface area contributed by atoms with Crippen molar-refractivity contribution >= 4 is 33.7 Å². The number of ether oxygens (including phenoxy) is 1. The molecule has 1 aromatic rings. The smallest absolute Gasteiger partial charge is 0.173 e. The van der Waals surface area contributed by atoms with Gasteiger partial charge in [0.1, 0.15) is 10.1 Å². The van der Waals surface area contributed by atoms with E-state index in [1.54, 1.807) is 24.9 Å². The van der Waals surface area contributed by atoms with Crippen LogP contribution in [0.3, 0.4) is 0 Å². The molecule has 0 saturated carbocycles. The Labute approximate surface area is 109 Å². The molecule has 1 aliphatic rings. The van der Waals surface area contributed by atoms with E-state index >= 15 is 0 Å². The average molecular weight is 267 g/mol. The molecule has 2 rings (SSSR count). The van der Waals surface area contributed by atoms with Crippen LogP contribution in [-0.4, -0.2) is 35.3 Å². The Morgan fingerprint density at radius 3 is 3.18 bits per heavy atom. The number of carbonyl (C=O) groups excluding carboxylic acids is 1. The molecule has 0 atom stereocenters. The first-order valence-electron chi connectivity index (χ1n) is 5.27. The fourth-order valence-corrected chi connectivity index (χ4v) is 3.31. The van der Waals surface area contributed by atoms with Crippen LogP contribution in [0, 0.1) is 0 Å². The molecule has 1 heterocycles. The number of hydrogen-bond donors (Lipinski definition) is 0. The van der Waals surface area contributed by atoms with Gasteiger partial charge in [-0.25, -0.2) is 0 Å². The van der Waals surface area contributed by atoms with E-state index in [9.17, 15) is 4.79 Å². The fourth-order valence-electron chi connectivity index (χ4n) is 1.41. The van der Waals surface area contributed by atoms with E-state index in [1.165, 1.54) is 11.8 Å². The molecule has 5 heteroatoms. The Bertz CT molecular complexity index is 446. The normalized spacial score (nSPS) is 14.5. The van der Waals surface area contributed by atoms with Gasteiger partial charge in [0.05, 0.1) is 19.4 Å². The molecule has 0 spiro atoms. The second-order valence-electron chi connectivity index (χ2n) is 3.44. The van der Waals surface area contributed by atoms with Gasteiger partial charge in [-0.05, 0) is 12.1 Å². The minimum absolute atomic E-state index is 0.115. The van der Waals surface area contributed by atoms with Crippen LogP contribution in [0.25, 0.3) is 0 Å². The highest BCUT2D eigenvalue weighted by atomic mass is 32.2. The Hall–Kier alpha value is -0.940. The number of carbonyl (C=O) groups is 1. The van der Waals surface area contributed by atoms with Crippen LogP contribution in [0.4, 0.5) is 0 Å². The first-order valence-corrected chi connectivity index (χ1v) is 7.24. The highest BCUT2D eigenvalue weighted by Gasteiger charge is 2.12. The van der Waals surface area contributed by atoms with Crippen LogP contribution in [-0.2, 0) is 0 Å². The number of rotatable bonds is 4. The lowest BCUT2D eigenvalue weighted by Crippen LogP contribution is -2.03. The highest BCUT2D eigenvalue weighted by Crippen LogP contribution is 2.23. The zero-order valence-electron chi connectivity index (χ0n) is 9.51. The average Bonchev–Trinajstić information content (AvgIpc) is 2.89. The van der Waals surface area contributed by atoms with Crippen LogP contribution in [0.1, 0.15) is 10.4 Å². The fraction of sp³-hybridized carbons (Fsp3) is 0.333. The van der Waals surface area contributed by atoms with Crippen molar-refractivity contribution in [3.05, 3.63) is 29.8 Å². The van der Waals surface area contributed by atoms with Gasteiger partial charge < -0.3 is 4.74 Å². The number of Topliss-reactive ketones (excluding diaryl/α,β-unsaturated/α-hetero) is 1. The molecule has 0 saturated heterocycles. The number of nitrogens with zero attached hydrogens (tertiary/aromatic N) is 1. The Morgan fingerprint density at radius 1 is 1.59 bits per heavy atom. The largest absolute Gasteiger partial charge is 0.497 e. The molecule has 17 heavy (non-hydrogen) atoms. The van der Waals surface area contributed by atoms with Gasteiger partial charge in [0.15, 0.2) is 5.78 Å². The number of ketones is 1. The molecule has 0 amide bonds. The van der Waals surface area contributed by atoms with Crippen molar-refractivity contribution in [2.75, 3.05) is 25.2 Å². The van der Waals surface area contributed by atoms with Crippen LogP contribution < -0.4 is 4.74 Å². The van der Waals surface area contributed by atoms with Gasteiger partial charge in [-0.15, -0.1) is 0 Å². The van der Waals surface area contributed by atoms with Crippen molar-refractivity contribution in [3.8, 4) is 5.75 Å². The Kier molecular flexibility index (Phi) is 4.50. The van der Waals surface area contributed by atoms with E-state index in [0.717, 1.165) is 16.7 Å². The van der Waals surface area contributed by atoms with Crippen molar-refractivity contribution in [3.63, 3.8) is 0 Å². The predicted octanol–water partition coefficient (Wildman–Crippen LogP) is 2.71. The minimum atomic E-state index is 0.115. The number of benzene rings is 1. The summed E-state index contributed by atoms with van der Waals surface area (Å²) in [7, 11) is 1.60. The molecule has 0 fully saturated rings. The van der Waals surface area contributed by atoms with Gasteiger partial charge in [0.25, 0.3) is 0 Å². The molecular weight excluding hydrogens is 254 g/mol. The van der Waals surface area contributed by atoms with Crippen LogP contribution in [0.2, 0.25) is 0 Å². The molecule has 0 aliphatic carbocycles. The maximum Gasteiger partial charge on any atom is 0.173 e. The summed E-state index contributed by atoms with van der Waals surface area (Å²) < 4.78 is 6.13. The van der Waals surface area contributed by atoms with E-state index in [4.69, 9.17) is 4.74 Å². The zero-order valence-corrected chi connectivity index (χ0v) is 11.1. The second-order valence-corrected chi connectivity index (χ2v) is 5.75. The summed E-state index contributed by atoms with van der Waals surface area (Å²) in [5.41, 5.74) is 0.695. The summed E-state index contributed by atoms with van der Waals surface area (Å²) in [4.78, 5) is 16.2. The van der Waals surface area contributed by atoms with E-state index in [2.05, 4.69) is 4.99 Å². The van der Waals surface area contributed by atoms with Crippen molar-refractivity contribution < 1.29 is 9.53 Å². The van der Waals surface area contributed by atoms with Gasteiger partial charge in [0.2, 0.25) is 0 Å².